The molecular formula is C17H14Br2N2O2. The van der Waals surface area contributed by atoms with Crippen molar-refractivity contribution in [3.8, 4) is 11.5 Å². The quantitative estimate of drug-likeness (QED) is 0.597. The first-order valence-corrected chi connectivity index (χ1v) is 8.51. The predicted molar refractivity (Wildman–Crippen MR) is 99.1 cm³/mol. The lowest BCUT2D eigenvalue weighted by molar-refractivity contribution is 0.415. The predicted octanol–water partition coefficient (Wildman–Crippen LogP) is 5.09. The van der Waals surface area contributed by atoms with Crippen LogP contribution < -0.4 is 10.1 Å². The van der Waals surface area contributed by atoms with Gasteiger partial charge in [0.05, 0.1) is 23.8 Å². The Balaban J connectivity index is 1.84. The SMILES string of the molecule is COc1ccc(NCc2ccc3c(Br)cc(Br)c(O)c3n2)cc1. The van der Waals surface area contributed by atoms with Crippen LogP contribution in [0.15, 0.2) is 51.4 Å². The Hall–Kier alpha value is -1.79. The molecule has 0 atom stereocenters. The first-order chi connectivity index (χ1) is 11.1. The largest absolute Gasteiger partial charge is 0.505 e. The van der Waals surface area contributed by atoms with Crippen LogP contribution in [0.1, 0.15) is 5.69 Å². The zero-order valence-electron chi connectivity index (χ0n) is 12.3. The van der Waals surface area contributed by atoms with Gasteiger partial charge in [-0.05, 0) is 58.4 Å². The van der Waals surface area contributed by atoms with Gasteiger partial charge in [-0.1, -0.05) is 15.9 Å². The lowest BCUT2D eigenvalue weighted by atomic mass is 10.2. The maximum atomic E-state index is 10.2. The van der Waals surface area contributed by atoms with Crippen LogP contribution in [0.3, 0.4) is 0 Å². The minimum Gasteiger partial charge on any atom is -0.505 e. The summed E-state index contributed by atoms with van der Waals surface area (Å²) in [5.41, 5.74) is 2.39. The normalized spacial score (nSPS) is 10.7. The topological polar surface area (TPSA) is 54.4 Å². The molecule has 23 heavy (non-hydrogen) atoms. The number of halogens is 2. The molecule has 2 aromatic carbocycles. The molecule has 6 heteroatoms. The fourth-order valence-electron chi connectivity index (χ4n) is 2.24. The van der Waals surface area contributed by atoms with E-state index in [0.717, 1.165) is 27.0 Å². The number of benzene rings is 2. The molecule has 0 spiro atoms. The number of pyridine rings is 1. The Labute approximate surface area is 150 Å². The molecule has 0 radical (unpaired) electrons. The Kier molecular flexibility index (Phi) is 4.73. The van der Waals surface area contributed by atoms with Gasteiger partial charge in [0.2, 0.25) is 0 Å². The number of fused-ring (bicyclic) bond motifs is 1. The summed E-state index contributed by atoms with van der Waals surface area (Å²) in [6, 6.07) is 13.4. The van der Waals surface area contributed by atoms with E-state index in [-0.39, 0.29) is 5.75 Å². The lowest BCUT2D eigenvalue weighted by Gasteiger charge is -2.10. The number of phenols is 1. The molecule has 0 fully saturated rings. The number of ether oxygens (including phenoxy) is 1. The van der Waals surface area contributed by atoms with Gasteiger partial charge in [-0.25, -0.2) is 4.98 Å². The Morgan fingerprint density at radius 2 is 1.83 bits per heavy atom. The average molecular weight is 438 g/mol. The molecule has 0 aliphatic heterocycles. The van der Waals surface area contributed by atoms with E-state index in [1.807, 2.05) is 42.5 Å². The minimum absolute atomic E-state index is 0.148. The van der Waals surface area contributed by atoms with Crippen molar-refractivity contribution in [3.63, 3.8) is 0 Å². The third kappa shape index (κ3) is 3.43. The van der Waals surface area contributed by atoms with Gasteiger partial charge in [0, 0.05) is 15.5 Å². The molecule has 0 bridgehead atoms. The fraction of sp³-hybridized carbons (Fsp3) is 0.118. The van der Waals surface area contributed by atoms with Gasteiger partial charge < -0.3 is 15.2 Å². The van der Waals surface area contributed by atoms with Crippen LogP contribution in [0.5, 0.6) is 11.5 Å². The number of methoxy groups -OCH3 is 1. The monoisotopic (exact) mass is 436 g/mol. The molecular weight excluding hydrogens is 424 g/mol. The smallest absolute Gasteiger partial charge is 0.156 e. The number of hydrogen-bond acceptors (Lipinski definition) is 4. The first-order valence-electron chi connectivity index (χ1n) is 6.93. The molecule has 118 valence electrons. The number of aromatic hydroxyl groups is 1. The van der Waals surface area contributed by atoms with E-state index in [1.165, 1.54) is 0 Å². The van der Waals surface area contributed by atoms with Crippen molar-refractivity contribution in [2.24, 2.45) is 0 Å². The van der Waals surface area contributed by atoms with Gasteiger partial charge in [-0.15, -0.1) is 0 Å². The van der Waals surface area contributed by atoms with Crippen molar-refractivity contribution in [2.75, 3.05) is 12.4 Å². The van der Waals surface area contributed by atoms with Crippen LogP contribution in [0.2, 0.25) is 0 Å². The van der Waals surface area contributed by atoms with Gasteiger partial charge in [-0.2, -0.15) is 0 Å². The Bertz CT molecular complexity index is 851. The van der Waals surface area contributed by atoms with Crippen molar-refractivity contribution in [1.29, 1.82) is 0 Å². The molecule has 3 rings (SSSR count). The molecule has 0 aliphatic rings. The van der Waals surface area contributed by atoms with E-state index in [9.17, 15) is 5.11 Å². The zero-order chi connectivity index (χ0) is 16.4. The highest BCUT2D eigenvalue weighted by molar-refractivity contribution is 9.11. The molecule has 2 N–H and O–H groups in total. The summed E-state index contributed by atoms with van der Waals surface area (Å²) in [6.45, 7) is 0.561. The van der Waals surface area contributed by atoms with E-state index < -0.39 is 0 Å². The van der Waals surface area contributed by atoms with Gasteiger partial charge in [0.25, 0.3) is 0 Å². The molecule has 0 unspecified atom stereocenters. The summed E-state index contributed by atoms with van der Waals surface area (Å²) in [4.78, 5) is 4.55. The van der Waals surface area contributed by atoms with Crippen LogP contribution in [-0.2, 0) is 6.54 Å². The summed E-state index contributed by atoms with van der Waals surface area (Å²) >= 11 is 6.82. The highest BCUT2D eigenvalue weighted by atomic mass is 79.9. The standard InChI is InChI=1S/C17H14Br2N2O2/c1-23-12-5-2-10(3-6-12)20-9-11-4-7-13-14(18)8-15(19)17(22)16(13)21-11/h2-8,20,22H,9H2,1H3. The second-order valence-corrected chi connectivity index (χ2v) is 6.68. The van der Waals surface area contributed by atoms with E-state index in [4.69, 9.17) is 4.74 Å². The van der Waals surface area contributed by atoms with Gasteiger partial charge >= 0.3 is 0 Å². The highest BCUT2D eigenvalue weighted by Crippen LogP contribution is 2.36. The van der Waals surface area contributed by atoms with Crippen molar-refractivity contribution in [2.45, 2.75) is 6.54 Å². The Morgan fingerprint density at radius 3 is 2.52 bits per heavy atom. The molecule has 1 heterocycles. The lowest BCUT2D eigenvalue weighted by Crippen LogP contribution is -2.02. The van der Waals surface area contributed by atoms with Crippen LogP contribution in [0.25, 0.3) is 10.9 Å². The summed E-state index contributed by atoms with van der Waals surface area (Å²) in [6.07, 6.45) is 0. The number of hydrogen-bond donors (Lipinski definition) is 2. The van der Waals surface area contributed by atoms with Crippen LogP contribution in [0, 0.1) is 0 Å². The first kappa shape index (κ1) is 16.1. The third-order valence-electron chi connectivity index (χ3n) is 3.48. The molecule has 4 nitrogen and oxygen atoms in total. The van der Waals surface area contributed by atoms with Crippen LogP contribution in [0.4, 0.5) is 5.69 Å². The van der Waals surface area contributed by atoms with Crippen molar-refractivity contribution in [3.05, 3.63) is 57.1 Å². The average Bonchev–Trinajstić information content (AvgIpc) is 2.58. The number of nitrogens with one attached hydrogen (secondary N) is 1. The Morgan fingerprint density at radius 1 is 1.09 bits per heavy atom. The van der Waals surface area contributed by atoms with E-state index >= 15 is 0 Å². The van der Waals surface area contributed by atoms with Crippen molar-refractivity contribution >= 4 is 48.5 Å². The van der Waals surface area contributed by atoms with Crippen LogP contribution in [-0.4, -0.2) is 17.2 Å². The molecule has 1 aromatic heterocycles. The van der Waals surface area contributed by atoms with Gasteiger partial charge in [0.1, 0.15) is 11.3 Å². The number of rotatable bonds is 4. The maximum absolute atomic E-state index is 10.2. The maximum Gasteiger partial charge on any atom is 0.156 e. The van der Waals surface area contributed by atoms with Crippen LogP contribution >= 0.6 is 31.9 Å². The summed E-state index contributed by atoms with van der Waals surface area (Å²) < 4.78 is 6.64. The van der Waals surface area contributed by atoms with E-state index in [1.54, 1.807) is 7.11 Å². The molecule has 0 saturated heterocycles. The van der Waals surface area contributed by atoms with E-state index in [2.05, 4.69) is 42.2 Å². The molecule has 3 aromatic rings. The van der Waals surface area contributed by atoms with Gasteiger partial charge in [0.15, 0.2) is 5.75 Å². The second kappa shape index (κ2) is 6.76. The summed E-state index contributed by atoms with van der Waals surface area (Å²) in [5, 5.41) is 14.4. The summed E-state index contributed by atoms with van der Waals surface area (Å²) in [5.74, 6) is 0.966. The zero-order valence-corrected chi connectivity index (χ0v) is 15.5. The minimum atomic E-state index is 0.148. The number of aromatic nitrogens is 1. The summed E-state index contributed by atoms with van der Waals surface area (Å²) in [7, 11) is 1.64. The van der Waals surface area contributed by atoms with Crippen molar-refractivity contribution in [1.82, 2.24) is 4.98 Å². The molecule has 0 saturated carbocycles. The fourth-order valence-corrected chi connectivity index (χ4v) is 3.52. The number of phenolic OH excluding ortho intramolecular Hbond substituents is 1. The van der Waals surface area contributed by atoms with E-state index in [0.29, 0.717) is 16.5 Å². The molecule has 0 amide bonds. The number of nitrogens with zero attached hydrogens (tertiary/aromatic N) is 1. The second-order valence-electron chi connectivity index (χ2n) is 4.97. The van der Waals surface area contributed by atoms with Gasteiger partial charge in [-0.3, -0.25) is 0 Å². The third-order valence-corrected chi connectivity index (χ3v) is 4.74. The molecule has 0 aliphatic carbocycles. The highest BCUT2D eigenvalue weighted by Gasteiger charge is 2.10. The van der Waals surface area contributed by atoms with Crippen molar-refractivity contribution < 1.29 is 9.84 Å². The number of anilines is 1.